The van der Waals surface area contributed by atoms with Crippen molar-refractivity contribution in [3.8, 4) is 0 Å². The molecule has 0 radical (unpaired) electrons. The lowest BCUT2D eigenvalue weighted by molar-refractivity contribution is -0.144. The highest BCUT2D eigenvalue weighted by atomic mass is 35.5. The third-order valence-corrected chi connectivity index (χ3v) is 6.05. The molecule has 2 atom stereocenters. The predicted molar refractivity (Wildman–Crippen MR) is 131 cm³/mol. The zero-order valence-electron chi connectivity index (χ0n) is 19.2. The van der Waals surface area contributed by atoms with Crippen molar-refractivity contribution in [2.75, 3.05) is 48.4 Å². The molecule has 0 unspecified atom stereocenters. The predicted octanol–water partition coefficient (Wildman–Crippen LogP) is 2.42. The Labute approximate surface area is 211 Å². The van der Waals surface area contributed by atoms with Crippen LogP contribution in [0.2, 0.25) is 5.02 Å². The summed E-state index contributed by atoms with van der Waals surface area (Å²) in [5.74, 6) is -1.73. The molecule has 2 aromatic carbocycles. The molecule has 0 bridgehead atoms. The number of carboxylic acids is 1. The second-order valence-corrected chi connectivity index (χ2v) is 8.74. The van der Waals surface area contributed by atoms with Crippen LogP contribution in [0.25, 0.3) is 0 Å². The molecule has 0 spiro atoms. The SMILES string of the molecule is O=C(O)CO[C@@H]1C[C@H](C(=O)Nc2ccc(N3CCOCC3=O)cc2)N(C(=O)Nc2ccc(Cl)cc2)C1. The molecule has 4 rings (SSSR count). The van der Waals surface area contributed by atoms with Crippen molar-refractivity contribution >= 4 is 52.5 Å². The van der Waals surface area contributed by atoms with E-state index in [0.29, 0.717) is 35.2 Å². The molecule has 4 amide bonds. The van der Waals surface area contributed by atoms with Gasteiger partial charge in [0.2, 0.25) is 5.91 Å². The number of nitrogens with one attached hydrogen (secondary N) is 2. The first-order chi connectivity index (χ1) is 17.3. The van der Waals surface area contributed by atoms with E-state index >= 15 is 0 Å². The van der Waals surface area contributed by atoms with E-state index in [2.05, 4.69) is 10.6 Å². The van der Waals surface area contributed by atoms with Crippen LogP contribution < -0.4 is 15.5 Å². The molecule has 36 heavy (non-hydrogen) atoms. The summed E-state index contributed by atoms with van der Waals surface area (Å²) in [6.45, 7) is 0.433. The van der Waals surface area contributed by atoms with E-state index in [-0.39, 0.29) is 25.5 Å². The van der Waals surface area contributed by atoms with Crippen LogP contribution in [0, 0.1) is 0 Å². The summed E-state index contributed by atoms with van der Waals surface area (Å²) in [7, 11) is 0. The van der Waals surface area contributed by atoms with Gasteiger partial charge >= 0.3 is 12.0 Å². The summed E-state index contributed by atoms with van der Waals surface area (Å²) < 4.78 is 10.5. The average molecular weight is 517 g/mol. The van der Waals surface area contributed by atoms with Gasteiger partial charge in [-0.05, 0) is 48.5 Å². The van der Waals surface area contributed by atoms with Gasteiger partial charge in [-0.25, -0.2) is 9.59 Å². The zero-order chi connectivity index (χ0) is 25.7. The monoisotopic (exact) mass is 516 g/mol. The number of carbonyl (C=O) groups excluding carboxylic acids is 3. The van der Waals surface area contributed by atoms with Gasteiger partial charge < -0.3 is 35.0 Å². The number of anilines is 3. The number of aliphatic carboxylic acids is 1. The Morgan fingerprint density at radius 3 is 2.39 bits per heavy atom. The lowest BCUT2D eigenvalue weighted by Gasteiger charge is -2.27. The van der Waals surface area contributed by atoms with E-state index in [1.165, 1.54) is 4.90 Å². The average Bonchev–Trinajstić information content (AvgIpc) is 3.30. The van der Waals surface area contributed by atoms with E-state index in [0.717, 1.165) is 0 Å². The van der Waals surface area contributed by atoms with Gasteiger partial charge in [0.25, 0.3) is 5.91 Å². The van der Waals surface area contributed by atoms with Crippen LogP contribution in [0.15, 0.2) is 48.5 Å². The highest BCUT2D eigenvalue weighted by molar-refractivity contribution is 6.30. The highest BCUT2D eigenvalue weighted by Gasteiger charge is 2.40. The molecule has 2 aromatic rings. The fourth-order valence-corrected chi connectivity index (χ4v) is 4.18. The Kier molecular flexibility index (Phi) is 8.04. The number of urea groups is 1. The van der Waals surface area contributed by atoms with Crippen LogP contribution in [0.3, 0.4) is 0 Å². The first kappa shape index (κ1) is 25.4. The van der Waals surface area contributed by atoms with Gasteiger partial charge in [0.1, 0.15) is 19.3 Å². The number of rotatable bonds is 7. The number of ether oxygens (including phenoxy) is 2. The van der Waals surface area contributed by atoms with Crippen LogP contribution in [0.5, 0.6) is 0 Å². The zero-order valence-corrected chi connectivity index (χ0v) is 19.9. The fraction of sp³-hybridized carbons (Fsp3) is 0.333. The van der Waals surface area contributed by atoms with Gasteiger partial charge in [-0.2, -0.15) is 0 Å². The number of carbonyl (C=O) groups is 4. The van der Waals surface area contributed by atoms with Gasteiger partial charge in [0.05, 0.1) is 12.7 Å². The van der Waals surface area contributed by atoms with Crippen LogP contribution in [-0.4, -0.2) is 78.9 Å². The number of benzene rings is 2. The van der Waals surface area contributed by atoms with E-state index in [9.17, 15) is 19.2 Å². The van der Waals surface area contributed by atoms with E-state index in [4.69, 9.17) is 26.2 Å². The standard InChI is InChI=1S/C24H25ClN4O7/c25-15-1-3-17(4-2-15)27-24(34)29-12-19(36-14-22(31)32)11-20(29)23(33)26-16-5-7-18(8-6-16)28-9-10-35-13-21(28)30/h1-8,19-20H,9-14H2,(H,26,33)(H,27,34)(H,31,32)/t19-,20-/m1/s1. The molecule has 2 fully saturated rings. The number of carboxylic acid groups (broad SMARTS) is 1. The van der Waals surface area contributed by atoms with Gasteiger partial charge in [-0.15, -0.1) is 0 Å². The van der Waals surface area contributed by atoms with Crippen molar-refractivity contribution < 1.29 is 33.8 Å². The number of amides is 4. The highest BCUT2D eigenvalue weighted by Crippen LogP contribution is 2.25. The number of likely N-dealkylation sites (tertiary alicyclic amines) is 1. The van der Waals surface area contributed by atoms with E-state index in [1.54, 1.807) is 53.4 Å². The molecule has 0 saturated carbocycles. The summed E-state index contributed by atoms with van der Waals surface area (Å²) in [4.78, 5) is 52.0. The van der Waals surface area contributed by atoms with Crippen LogP contribution in [-0.2, 0) is 23.9 Å². The number of morpholine rings is 1. The van der Waals surface area contributed by atoms with Gasteiger partial charge in [0, 0.05) is 41.6 Å². The molecule has 2 heterocycles. The minimum atomic E-state index is -1.14. The summed E-state index contributed by atoms with van der Waals surface area (Å²) in [6, 6.07) is 11.9. The van der Waals surface area contributed by atoms with E-state index in [1.807, 2.05) is 0 Å². The first-order valence-electron chi connectivity index (χ1n) is 11.3. The number of hydrogen-bond donors (Lipinski definition) is 3. The van der Waals surface area contributed by atoms with Gasteiger partial charge in [-0.1, -0.05) is 11.6 Å². The van der Waals surface area contributed by atoms with Crippen molar-refractivity contribution in [3.05, 3.63) is 53.6 Å². The van der Waals surface area contributed by atoms with Crippen molar-refractivity contribution in [2.24, 2.45) is 0 Å². The minimum absolute atomic E-state index is 0.0270. The van der Waals surface area contributed by atoms with Crippen molar-refractivity contribution in [1.82, 2.24) is 4.90 Å². The molecular formula is C24H25ClN4O7. The van der Waals surface area contributed by atoms with Crippen molar-refractivity contribution in [3.63, 3.8) is 0 Å². The maximum Gasteiger partial charge on any atom is 0.329 e. The second-order valence-electron chi connectivity index (χ2n) is 8.30. The molecule has 0 aromatic heterocycles. The van der Waals surface area contributed by atoms with Crippen LogP contribution in [0.4, 0.5) is 21.9 Å². The topological polar surface area (TPSA) is 138 Å². The van der Waals surface area contributed by atoms with Crippen molar-refractivity contribution in [1.29, 1.82) is 0 Å². The maximum atomic E-state index is 13.1. The molecular weight excluding hydrogens is 492 g/mol. The second kappa shape index (κ2) is 11.4. The molecule has 2 saturated heterocycles. The Bertz CT molecular complexity index is 1130. The maximum absolute atomic E-state index is 13.1. The molecule has 12 heteroatoms. The van der Waals surface area contributed by atoms with E-state index < -0.39 is 36.7 Å². The first-order valence-corrected chi connectivity index (χ1v) is 11.6. The van der Waals surface area contributed by atoms with Crippen LogP contribution >= 0.6 is 11.6 Å². The molecule has 3 N–H and O–H groups in total. The van der Waals surface area contributed by atoms with Crippen LogP contribution in [0.1, 0.15) is 6.42 Å². The number of hydrogen-bond acceptors (Lipinski definition) is 6. The summed E-state index contributed by atoms with van der Waals surface area (Å²) >= 11 is 5.89. The molecule has 2 aliphatic rings. The van der Waals surface area contributed by atoms with Crippen molar-refractivity contribution in [2.45, 2.75) is 18.6 Å². The van der Waals surface area contributed by atoms with Gasteiger partial charge in [-0.3, -0.25) is 9.59 Å². The molecule has 11 nitrogen and oxygen atoms in total. The quantitative estimate of drug-likeness (QED) is 0.514. The smallest absolute Gasteiger partial charge is 0.329 e. The Morgan fingerprint density at radius 1 is 1.06 bits per heavy atom. The molecule has 2 aliphatic heterocycles. The largest absolute Gasteiger partial charge is 0.480 e. The number of halogens is 1. The minimum Gasteiger partial charge on any atom is -0.480 e. The third-order valence-electron chi connectivity index (χ3n) is 5.80. The summed E-state index contributed by atoms with van der Waals surface area (Å²) in [5, 5.41) is 15.0. The summed E-state index contributed by atoms with van der Waals surface area (Å²) in [5.41, 5.74) is 1.66. The number of nitrogens with zero attached hydrogens (tertiary/aromatic N) is 2. The Morgan fingerprint density at radius 2 is 1.72 bits per heavy atom. The Hall–Kier alpha value is -3.67. The lowest BCUT2D eigenvalue weighted by Crippen LogP contribution is -2.45. The summed E-state index contributed by atoms with van der Waals surface area (Å²) in [6.07, 6.45) is -0.490. The fourth-order valence-electron chi connectivity index (χ4n) is 4.05. The lowest BCUT2D eigenvalue weighted by atomic mass is 10.1. The van der Waals surface area contributed by atoms with Gasteiger partial charge in [0.15, 0.2) is 0 Å². The molecule has 0 aliphatic carbocycles. The normalized spacial score (nSPS) is 19.8. The molecule has 190 valence electrons. The Balaban J connectivity index is 1.44. The third kappa shape index (κ3) is 6.30.